The third kappa shape index (κ3) is 2.85. The van der Waals surface area contributed by atoms with Crippen molar-refractivity contribution >= 4 is 11.7 Å². The van der Waals surface area contributed by atoms with Gasteiger partial charge in [-0.25, -0.2) is 0 Å². The number of aromatic nitrogens is 2. The molecule has 5 nitrogen and oxygen atoms in total. The molecule has 1 aliphatic carbocycles. The summed E-state index contributed by atoms with van der Waals surface area (Å²) in [5.74, 6) is 0.559. The van der Waals surface area contributed by atoms with Crippen molar-refractivity contribution in [2.24, 2.45) is 11.7 Å². The standard InChI is InChI=1S/C12H20N4O/c1-2-4-8-7-11(16-15-8)14-12(17)9-5-3-6-10(9)13/h7,9-10H,2-6,13H2,1H3,(H2,14,15,16,17). The van der Waals surface area contributed by atoms with Crippen LogP contribution in [-0.4, -0.2) is 22.1 Å². The van der Waals surface area contributed by atoms with Crippen LogP contribution in [0.15, 0.2) is 6.07 Å². The van der Waals surface area contributed by atoms with Crippen LogP contribution < -0.4 is 11.1 Å². The third-order valence-corrected chi connectivity index (χ3v) is 3.31. The van der Waals surface area contributed by atoms with E-state index in [0.29, 0.717) is 5.82 Å². The minimum atomic E-state index is -0.0543. The van der Waals surface area contributed by atoms with E-state index < -0.39 is 0 Å². The predicted molar refractivity (Wildman–Crippen MR) is 66.5 cm³/mol. The van der Waals surface area contributed by atoms with E-state index >= 15 is 0 Å². The molecule has 0 bridgehead atoms. The van der Waals surface area contributed by atoms with Crippen molar-refractivity contribution in [3.05, 3.63) is 11.8 Å². The summed E-state index contributed by atoms with van der Waals surface area (Å²) in [5.41, 5.74) is 6.95. The quantitative estimate of drug-likeness (QED) is 0.739. The van der Waals surface area contributed by atoms with Crippen molar-refractivity contribution in [3.8, 4) is 0 Å². The lowest BCUT2D eigenvalue weighted by molar-refractivity contribution is -0.120. The van der Waals surface area contributed by atoms with Crippen LogP contribution >= 0.6 is 0 Å². The second-order valence-corrected chi connectivity index (χ2v) is 4.72. The maximum Gasteiger partial charge on any atom is 0.230 e. The zero-order valence-electron chi connectivity index (χ0n) is 10.2. The number of hydrogen-bond donors (Lipinski definition) is 3. The minimum Gasteiger partial charge on any atom is -0.327 e. The molecule has 1 amide bonds. The highest BCUT2D eigenvalue weighted by Gasteiger charge is 2.30. The number of nitrogens with zero attached hydrogens (tertiary/aromatic N) is 1. The Morgan fingerprint density at radius 2 is 2.47 bits per heavy atom. The van der Waals surface area contributed by atoms with Crippen molar-refractivity contribution in [1.82, 2.24) is 10.2 Å². The molecule has 17 heavy (non-hydrogen) atoms. The Hall–Kier alpha value is -1.36. The van der Waals surface area contributed by atoms with E-state index in [2.05, 4.69) is 22.4 Å². The van der Waals surface area contributed by atoms with Gasteiger partial charge >= 0.3 is 0 Å². The van der Waals surface area contributed by atoms with Gasteiger partial charge < -0.3 is 11.1 Å². The molecule has 0 aromatic carbocycles. The van der Waals surface area contributed by atoms with E-state index in [1.807, 2.05) is 6.07 Å². The van der Waals surface area contributed by atoms with Crippen LogP contribution in [0.1, 0.15) is 38.3 Å². The summed E-state index contributed by atoms with van der Waals surface area (Å²) in [5, 5.41) is 9.82. The molecule has 2 rings (SSSR count). The van der Waals surface area contributed by atoms with Gasteiger partial charge in [0.15, 0.2) is 5.82 Å². The zero-order chi connectivity index (χ0) is 12.3. The van der Waals surface area contributed by atoms with Crippen LogP contribution in [0.25, 0.3) is 0 Å². The molecule has 1 aromatic rings. The highest BCUT2D eigenvalue weighted by molar-refractivity contribution is 5.92. The van der Waals surface area contributed by atoms with Crippen molar-refractivity contribution in [2.75, 3.05) is 5.32 Å². The molecule has 0 aliphatic heterocycles. The van der Waals surface area contributed by atoms with Gasteiger partial charge in [0, 0.05) is 17.8 Å². The molecule has 1 saturated carbocycles. The SMILES string of the molecule is CCCc1cc(NC(=O)C2CCCC2N)n[nH]1. The second-order valence-electron chi connectivity index (χ2n) is 4.72. The summed E-state index contributed by atoms with van der Waals surface area (Å²) >= 11 is 0. The van der Waals surface area contributed by atoms with E-state index in [1.165, 1.54) is 0 Å². The van der Waals surface area contributed by atoms with Gasteiger partial charge in [-0.05, 0) is 19.3 Å². The van der Waals surface area contributed by atoms with Gasteiger partial charge in [-0.3, -0.25) is 9.89 Å². The van der Waals surface area contributed by atoms with Gasteiger partial charge in [-0.15, -0.1) is 0 Å². The number of nitrogens with one attached hydrogen (secondary N) is 2. The molecule has 0 spiro atoms. The molecule has 2 atom stereocenters. The Bertz CT molecular complexity index is 388. The first-order valence-corrected chi connectivity index (χ1v) is 6.31. The Balaban J connectivity index is 1.93. The molecule has 2 unspecified atom stereocenters. The normalized spacial score (nSPS) is 23.9. The van der Waals surface area contributed by atoms with Crippen LogP contribution in [0, 0.1) is 5.92 Å². The monoisotopic (exact) mass is 236 g/mol. The van der Waals surface area contributed by atoms with E-state index in [-0.39, 0.29) is 17.9 Å². The first-order valence-electron chi connectivity index (χ1n) is 6.31. The van der Waals surface area contributed by atoms with E-state index in [0.717, 1.165) is 37.8 Å². The number of hydrogen-bond acceptors (Lipinski definition) is 3. The van der Waals surface area contributed by atoms with Gasteiger partial charge in [0.05, 0.1) is 5.92 Å². The molecule has 1 aromatic heterocycles. The van der Waals surface area contributed by atoms with E-state index in [9.17, 15) is 4.79 Å². The lowest BCUT2D eigenvalue weighted by atomic mass is 10.0. The lowest BCUT2D eigenvalue weighted by Gasteiger charge is -2.13. The largest absolute Gasteiger partial charge is 0.327 e. The summed E-state index contributed by atoms with van der Waals surface area (Å²) in [6.45, 7) is 2.11. The molecule has 0 saturated heterocycles. The number of anilines is 1. The summed E-state index contributed by atoms with van der Waals surface area (Å²) in [4.78, 5) is 11.9. The van der Waals surface area contributed by atoms with E-state index in [4.69, 9.17) is 5.73 Å². The third-order valence-electron chi connectivity index (χ3n) is 3.31. The molecule has 0 radical (unpaired) electrons. The molecule has 1 aliphatic rings. The highest BCUT2D eigenvalue weighted by Crippen LogP contribution is 2.25. The van der Waals surface area contributed by atoms with Crippen molar-refractivity contribution in [2.45, 2.75) is 45.1 Å². The van der Waals surface area contributed by atoms with Crippen molar-refractivity contribution in [1.29, 1.82) is 0 Å². The number of aromatic amines is 1. The summed E-state index contributed by atoms with van der Waals surface area (Å²) in [7, 11) is 0. The smallest absolute Gasteiger partial charge is 0.230 e. The number of amides is 1. The van der Waals surface area contributed by atoms with Gasteiger partial charge in [0.2, 0.25) is 5.91 Å². The fourth-order valence-corrected chi connectivity index (χ4v) is 2.36. The fraction of sp³-hybridized carbons (Fsp3) is 0.667. The number of aryl methyl sites for hydroxylation is 1. The topological polar surface area (TPSA) is 83.8 Å². The van der Waals surface area contributed by atoms with Gasteiger partial charge in [-0.1, -0.05) is 19.8 Å². The van der Waals surface area contributed by atoms with Crippen LogP contribution in [0.4, 0.5) is 5.82 Å². The van der Waals surface area contributed by atoms with Crippen molar-refractivity contribution < 1.29 is 4.79 Å². The number of carbonyl (C=O) groups is 1. The number of carbonyl (C=O) groups excluding carboxylic acids is 1. The Morgan fingerprint density at radius 1 is 1.65 bits per heavy atom. The molecular formula is C12H20N4O. The molecule has 1 heterocycles. The predicted octanol–water partition coefficient (Wildman–Crippen LogP) is 1.43. The average molecular weight is 236 g/mol. The number of nitrogens with two attached hydrogens (primary N) is 1. The molecule has 4 N–H and O–H groups in total. The van der Waals surface area contributed by atoms with Crippen LogP contribution in [-0.2, 0) is 11.2 Å². The Morgan fingerprint density at radius 3 is 3.12 bits per heavy atom. The molecule has 94 valence electrons. The zero-order valence-corrected chi connectivity index (χ0v) is 10.2. The number of H-pyrrole nitrogens is 1. The first-order chi connectivity index (χ1) is 8.20. The van der Waals surface area contributed by atoms with Crippen LogP contribution in [0.2, 0.25) is 0 Å². The molecule has 1 fully saturated rings. The first kappa shape index (κ1) is 12.1. The Labute approximate surface area is 101 Å². The van der Waals surface area contributed by atoms with Gasteiger partial charge in [0.25, 0.3) is 0 Å². The second kappa shape index (κ2) is 5.31. The molecular weight excluding hydrogens is 216 g/mol. The van der Waals surface area contributed by atoms with Gasteiger partial charge in [-0.2, -0.15) is 5.10 Å². The van der Waals surface area contributed by atoms with Gasteiger partial charge in [0.1, 0.15) is 0 Å². The maximum absolute atomic E-state index is 11.9. The maximum atomic E-state index is 11.9. The fourth-order valence-electron chi connectivity index (χ4n) is 2.36. The Kier molecular flexibility index (Phi) is 3.78. The summed E-state index contributed by atoms with van der Waals surface area (Å²) in [6.07, 6.45) is 4.88. The average Bonchev–Trinajstić information content (AvgIpc) is 2.88. The number of rotatable bonds is 4. The van der Waals surface area contributed by atoms with Crippen LogP contribution in [0.3, 0.4) is 0 Å². The lowest BCUT2D eigenvalue weighted by Crippen LogP contribution is -2.34. The van der Waals surface area contributed by atoms with E-state index in [1.54, 1.807) is 0 Å². The van der Waals surface area contributed by atoms with Crippen LogP contribution in [0.5, 0.6) is 0 Å². The molecule has 5 heteroatoms. The summed E-state index contributed by atoms with van der Waals surface area (Å²) in [6, 6.07) is 1.89. The van der Waals surface area contributed by atoms with Crippen molar-refractivity contribution in [3.63, 3.8) is 0 Å². The minimum absolute atomic E-state index is 0.00375. The summed E-state index contributed by atoms with van der Waals surface area (Å²) < 4.78 is 0. The highest BCUT2D eigenvalue weighted by atomic mass is 16.2.